The van der Waals surface area contributed by atoms with E-state index in [-0.39, 0.29) is 5.41 Å². The van der Waals surface area contributed by atoms with Gasteiger partial charge in [-0.1, -0.05) is 72.8 Å². The predicted molar refractivity (Wildman–Crippen MR) is 85.0 cm³/mol. The summed E-state index contributed by atoms with van der Waals surface area (Å²) in [5, 5.41) is 12.2. The summed E-state index contributed by atoms with van der Waals surface area (Å²) in [5.41, 5.74) is 2.09. The van der Waals surface area contributed by atoms with Gasteiger partial charge in [-0.15, -0.1) is 0 Å². The third-order valence-electron chi connectivity index (χ3n) is 4.63. The Morgan fingerprint density at radius 3 is 2.33 bits per heavy atom. The maximum atomic E-state index is 9.70. The molecule has 3 aromatic rings. The van der Waals surface area contributed by atoms with Crippen LogP contribution in [0.3, 0.4) is 0 Å². The minimum absolute atomic E-state index is 0.314. The van der Waals surface area contributed by atoms with Gasteiger partial charge in [0.25, 0.3) is 0 Å². The van der Waals surface area contributed by atoms with E-state index in [1.165, 1.54) is 16.3 Å². The predicted octanol–water partition coefficient (Wildman–Crippen LogP) is 4.79. The molecule has 0 saturated heterocycles. The first-order valence-corrected chi connectivity index (χ1v) is 7.29. The Kier molecular flexibility index (Phi) is 2.59. The molecule has 0 spiro atoms. The van der Waals surface area contributed by atoms with Gasteiger partial charge in [-0.05, 0) is 28.3 Å². The molecule has 1 nitrogen and oxygen atoms in total. The Morgan fingerprint density at radius 2 is 1.57 bits per heavy atom. The standard InChI is InChI=1S/C20H15N/c21-14-20(18-8-2-1-3-9-18)13-19(20)17-11-10-15-6-4-5-7-16(15)12-17/h1-12,19H,13H2/t19-,20-/m1/s1. The quantitative estimate of drug-likeness (QED) is 0.656. The van der Waals surface area contributed by atoms with Crippen LogP contribution < -0.4 is 0 Å². The number of rotatable bonds is 2. The Bertz CT molecular complexity index is 844. The minimum atomic E-state index is -0.330. The van der Waals surface area contributed by atoms with Crippen LogP contribution in [0.2, 0.25) is 0 Å². The number of hydrogen-bond acceptors (Lipinski definition) is 1. The summed E-state index contributed by atoms with van der Waals surface area (Å²) >= 11 is 0. The summed E-state index contributed by atoms with van der Waals surface area (Å²) in [6.45, 7) is 0. The zero-order valence-corrected chi connectivity index (χ0v) is 11.7. The smallest absolute Gasteiger partial charge is 0.0897 e. The number of benzene rings is 3. The van der Waals surface area contributed by atoms with E-state index in [1.54, 1.807) is 0 Å². The second kappa shape index (κ2) is 4.46. The van der Waals surface area contributed by atoms with Gasteiger partial charge in [0.2, 0.25) is 0 Å². The highest BCUT2D eigenvalue weighted by Gasteiger charge is 2.56. The Balaban J connectivity index is 1.76. The lowest BCUT2D eigenvalue weighted by atomic mass is 9.91. The summed E-state index contributed by atoms with van der Waals surface area (Å²) in [4.78, 5) is 0. The third-order valence-corrected chi connectivity index (χ3v) is 4.63. The molecular formula is C20H15N. The zero-order chi connectivity index (χ0) is 14.3. The van der Waals surface area contributed by atoms with Crippen LogP contribution >= 0.6 is 0 Å². The van der Waals surface area contributed by atoms with Crippen molar-refractivity contribution in [1.82, 2.24) is 0 Å². The molecule has 100 valence electrons. The second-order valence-corrected chi connectivity index (χ2v) is 5.81. The molecule has 0 aliphatic heterocycles. The van der Waals surface area contributed by atoms with E-state index in [0.717, 1.165) is 12.0 Å². The van der Waals surface area contributed by atoms with Gasteiger partial charge in [-0.25, -0.2) is 0 Å². The second-order valence-electron chi connectivity index (χ2n) is 5.81. The highest BCUT2D eigenvalue weighted by Crippen LogP contribution is 2.60. The van der Waals surface area contributed by atoms with Gasteiger partial charge in [0.15, 0.2) is 0 Å². The molecule has 1 fully saturated rings. The monoisotopic (exact) mass is 269 g/mol. The number of fused-ring (bicyclic) bond motifs is 1. The van der Waals surface area contributed by atoms with E-state index >= 15 is 0 Å². The topological polar surface area (TPSA) is 23.8 Å². The molecule has 0 amide bonds. The van der Waals surface area contributed by atoms with Crippen molar-refractivity contribution in [2.75, 3.05) is 0 Å². The summed E-state index contributed by atoms with van der Waals surface area (Å²) in [6.07, 6.45) is 0.922. The molecular weight excluding hydrogens is 254 g/mol. The van der Waals surface area contributed by atoms with Crippen molar-refractivity contribution in [3.63, 3.8) is 0 Å². The van der Waals surface area contributed by atoms with Crippen molar-refractivity contribution in [2.24, 2.45) is 0 Å². The van der Waals surface area contributed by atoms with E-state index in [4.69, 9.17) is 0 Å². The lowest BCUT2D eigenvalue weighted by Crippen LogP contribution is -2.06. The van der Waals surface area contributed by atoms with E-state index in [1.807, 2.05) is 18.2 Å². The van der Waals surface area contributed by atoms with Crippen molar-refractivity contribution < 1.29 is 0 Å². The third kappa shape index (κ3) is 1.84. The van der Waals surface area contributed by atoms with Gasteiger partial charge in [-0.3, -0.25) is 0 Å². The first-order valence-electron chi connectivity index (χ1n) is 7.29. The average Bonchev–Trinajstić information content (AvgIpc) is 3.31. The fourth-order valence-corrected chi connectivity index (χ4v) is 3.33. The fourth-order valence-electron chi connectivity index (χ4n) is 3.33. The van der Waals surface area contributed by atoms with Gasteiger partial charge in [-0.2, -0.15) is 5.26 Å². The van der Waals surface area contributed by atoms with Crippen molar-refractivity contribution in [2.45, 2.75) is 17.8 Å². The molecule has 1 saturated carbocycles. The van der Waals surface area contributed by atoms with Crippen LogP contribution in [0, 0.1) is 11.3 Å². The van der Waals surface area contributed by atoms with Crippen LogP contribution in [0.5, 0.6) is 0 Å². The van der Waals surface area contributed by atoms with Crippen LogP contribution in [0.15, 0.2) is 72.8 Å². The molecule has 0 N–H and O–H groups in total. The summed E-state index contributed by atoms with van der Waals surface area (Å²) in [5.74, 6) is 0.314. The lowest BCUT2D eigenvalue weighted by Gasteiger charge is -2.10. The van der Waals surface area contributed by atoms with Gasteiger partial charge in [0.1, 0.15) is 0 Å². The molecule has 3 aromatic carbocycles. The largest absolute Gasteiger partial charge is 0.197 e. The van der Waals surface area contributed by atoms with E-state index in [0.29, 0.717) is 5.92 Å². The first-order chi connectivity index (χ1) is 10.3. The highest BCUT2D eigenvalue weighted by atomic mass is 14.6. The number of nitriles is 1. The summed E-state index contributed by atoms with van der Waals surface area (Å²) < 4.78 is 0. The summed E-state index contributed by atoms with van der Waals surface area (Å²) in [7, 11) is 0. The van der Waals surface area contributed by atoms with Crippen molar-refractivity contribution in [1.29, 1.82) is 5.26 Å². The van der Waals surface area contributed by atoms with Gasteiger partial charge >= 0.3 is 0 Å². The van der Waals surface area contributed by atoms with Crippen molar-refractivity contribution >= 4 is 10.8 Å². The van der Waals surface area contributed by atoms with Crippen LogP contribution in [-0.2, 0) is 5.41 Å². The number of hydrogen-bond donors (Lipinski definition) is 0. The Labute approximate surface area is 124 Å². The molecule has 4 rings (SSSR count). The molecule has 0 bridgehead atoms. The normalized spacial score (nSPS) is 23.7. The number of nitrogens with zero attached hydrogens (tertiary/aromatic N) is 1. The molecule has 0 aromatic heterocycles. The van der Waals surface area contributed by atoms with Crippen LogP contribution in [0.1, 0.15) is 23.5 Å². The molecule has 0 radical (unpaired) electrons. The highest BCUT2D eigenvalue weighted by molar-refractivity contribution is 5.83. The fraction of sp³-hybridized carbons (Fsp3) is 0.150. The Morgan fingerprint density at radius 1 is 0.857 bits per heavy atom. The minimum Gasteiger partial charge on any atom is -0.197 e. The average molecular weight is 269 g/mol. The molecule has 2 atom stereocenters. The van der Waals surface area contributed by atoms with Crippen molar-refractivity contribution in [3.05, 3.63) is 83.9 Å². The van der Waals surface area contributed by atoms with E-state index < -0.39 is 0 Å². The van der Waals surface area contributed by atoms with Crippen LogP contribution in [0.25, 0.3) is 10.8 Å². The van der Waals surface area contributed by atoms with Crippen molar-refractivity contribution in [3.8, 4) is 6.07 Å². The first kappa shape index (κ1) is 12.2. The van der Waals surface area contributed by atoms with Gasteiger partial charge < -0.3 is 0 Å². The molecule has 0 heterocycles. The Hall–Kier alpha value is -2.59. The molecule has 1 heteroatoms. The van der Waals surface area contributed by atoms with Gasteiger partial charge in [0, 0.05) is 5.92 Å². The SMILES string of the molecule is N#C[C@@]1(c2ccccc2)C[C@@H]1c1ccc2ccccc2c1. The van der Waals surface area contributed by atoms with E-state index in [2.05, 4.69) is 60.7 Å². The molecule has 0 unspecified atom stereocenters. The van der Waals surface area contributed by atoms with Crippen LogP contribution in [0.4, 0.5) is 0 Å². The maximum Gasteiger partial charge on any atom is 0.0897 e. The molecule has 21 heavy (non-hydrogen) atoms. The molecule has 1 aliphatic rings. The zero-order valence-electron chi connectivity index (χ0n) is 11.7. The lowest BCUT2D eigenvalue weighted by molar-refractivity contribution is 0.857. The van der Waals surface area contributed by atoms with E-state index in [9.17, 15) is 5.26 Å². The summed E-state index contributed by atoms with van der Waals surface area (Å²) in [6, 6.07) is 27.7. The van der Waals surface area contributed by atoms with Gasteiger partial charge in [0.05, 0.1) is 11.5 Å². The van der Waals surface area contributed by atoms with Crippen LogP contribution in [-0.4, -0.2) is 0 Å². The molecule has 1 aliphatic carbocycles. The maximum absolute atomic E-state index is 9.70.